The number of nitrogens with zero attached hydrogens (tertiary/aromatic N) is 4. The molecule has 0 bridgehead atoms. The van der Waals surface area contributed by atoms with Crippen LogP contribution in [0.2, 0.25) is 0 Å². The third-order valence-electron chi connectivity index (χ3n) is 4.21. The second-order valence-corrected chi connectivity index (χ2v) is 7.16. The minimum Gasteiger partial charge on any atom is -0.346 e. The molecule has 0 radical (unpaired) electrons. The predicted octanol–water partition coefficient (Wildman–Crippen LogP) is 2.06. The van der Waals surface area contributed by atoms with Crippen LogP contribution in [0, 0.1) is 6.92 Å². The number of rotatable bonds is 5. The van der Waals surface area contributed by atoms with Crippen molar-refractivity contribution >= 4 is 17.2 Å². The fraction of sp³-hybridized carbons (Fsp3) is 0.600. The van der Waals surface area contributed by atoms with Crippen LogP contribution in [0.1, 0.15) is 58.9 Å². The number of hydrogen-bond donors (Lipinski definition) is 1. The normalized spacial score (nSPS) is 21.7. The number of carbonyl (C=O) groups is 1. The monoisotopic (exact) mass is 333 g/mol. The SMILES string of the molecule is Cc1csc(CN2CCC[C@H]2c2nc(C(=O)NC3CC3)no2)n1. The van der Waals surface area contributed by atoms with Gasteiger partial charge in [0.2, 0.25) is 5.89 Å². The maximum atomic E-state index is 12.0. The molecule has 2 aromatic heterocycles. The Morgan fingerprint density at radius 2 is 2.30 bits per heavy atom. The molecule has 1 aliphatic heterocycles. The first-order valence-electron chi connectivity index (χ1n) is 7.98. The van der Waals surface area contributed by atoms with Crippen molar-refractivity contribution in [1.29, 1.82) is 0 Å². The number of hydrogen-bond acceptors (Lipinski definition) is 7. The van der Waals surface area contributed by atoms with E-state index in [-0.39, 0.29) is 17.8 Å². The van der Waals surface area contributed by atoms with E-state index in [1.54, 1.807) is 11.3 Å². The van der Waals surface area contributed by atoms with E-state index in [1.807, 2.05) is 6.92 Å². The van der Waals surface area contributed by atoms with Crippen molar-refractivity contribution in [3.63, 3.8) is 0 Å². The lowest BCUT2D eigenvalue weighted by atomic mass is 10.2. The number of thiazole rings is 1. The zero-order chi connectivity index (χ0) is 15.8. The molecule has 1 atom stereocenters. The standard InChI is InChI=1S/C15H19N5O2S/c1-9-8-23-12(16-9)7-20-6-2-3-11(20)15-18-13(19-22-15)14(21)17-10-4-5-10/h8,10-11H,2-7H2,1H3,(H,17,21)/t11-/m0/s1. The van der Waals surface area contributed by atoms with Crippen LogP contribution in [0.5, 0.6) is 0 Å². The van der Waals surface area contributed by atoms with E-state index in [2.05, 4.69) is 30.7 Å². The van der Waals surface area contributed by atoms with Crippen LogP contribution < -0.4 is 5.32 Å². The zero-order valence-electron chi connectivity index (χ0n) is 13.0. The first-order chi connectivity index (χ1) is 11.2. The molecule has 7 nitrogen and oxygen atoms in total. The summed E-state index contributed by atoms with van der Waals surface area (Å²) in [6.07, 6.45) is 4.14. The number of carbonyl (C=O) groups excluding carboxylic acids is 1. The van der Waals surface area contributed by atoms with Crippen LogP contribution in [0.3, 0.4) is 0 Å². The number of likely N-dealkylation sites (tertiary alicyclic amines) is 1. The van der Waals surface area contributed by atoms with Crippen LogP contribution in [0.25, 0.3) is 0 Å². The number of amides is 1. The van der Waals surface area contributed by atoms with E-state index in [4.69, 9.17) is 4.52 Å². The van der Waals surface area contributed by atoms with Gasteiger partial charge in [-0.05, 0) is 39.2 Å². The lowest BCUT2D eigenvalue weighted by molar-refractivity contribution is 0.0937. The summed E-state index contributed by atoms with van der Waals surface area (Å²) in [5.74, 6) is 0.447. The summed E-state index contributed by atoms with van der Waals surface area (Å²) in [5.41, 5.74) is 1.05. The zero-order valence-corrected chi connectivity index (χ0v) is 13.8. The molecule has 2 fully saturated rings. The van der Waals surface area contributed by atoms with Gasteiger partial charge in [0.15, 0.2) is 0 Å². The Kier molecular flexibility index (Phi) is 3.86. The van der Waals surface area contributed by atoms with E-state index in [0.717, 1.165) is 49.5 Å². The Bertz CT molecular complexity index is 708. The summed E-state index contributed by atoms with van der Waals surface area (Å²) in [5, 5.41) is 9.89. The van der Waals surface area contributed by atoms with Gasteiger partial charge in [0.25, 0.3) is 11.7 Å². The molecular weight excluding hydrogens is 314 g/mol. The minimum atomic E-state index is -0.234. The lowest BCUT2D eigenvalue weighted by Gasteiger charge is -2.19. The van der Waals surface area contributed by atoms with Gasteiger partial charge in [-0.2, -0.15) is 4.98 Å². The smallest absolute Gasteiger partial charge is 0.292 e. The quantitative estimate of drug-likeness (QED) is 0.902. The third-order valence-corrected chi connectivity index (χ3v) is 5.16. The molecule has 0 aromatic carbocycles. The minimum absolute atomic E-state index is 0.0779. The molecule has 8 heteroatoms. The average Bonchev–Trinajstić information content (AvgIpc) is 2.96. The fourth-order valence-corrected chi connectivity index (χ4v) is 3.68. The number of nitrogens with one attached hydrogen (secondary N) is 1. The summed E-state index contributed by atoms with van der Waals surface area (Å²) < 4.78 is 5.36. The maximum Gasteiger partial charge on any atom is 0.292 e. The second-order valence-electron chi connectivity index (χ2n) is 6.22. The first kappa shape index (κ1) is 14.8. The van der Waals surface area contributed by atoms with Crippen molar-refractivity contribution in [3.05, 3.63) is 27.8 Å². The summed E-state index contributed by atoms with van der Waals surface area (Å²) in [6.45, 7) is 3.77. The Labute approximate surface area is 138 Å². The largest absolute Gasteiger partial charge is 0.346 e. The maximum absolute atomic E-state index is 12.0. The van der Waals surface area contributed by atoms with Crippen molar-refractivity contribution < 1.29 is 9.32 Å². The molecule has 1 saturated carbocycles. The van der Waals surface area contributed by atoms with Gasteiger partial charge in [0.1, 0.15) is 5.01 Å². The highest BCUT2D eigenvalue weighted by atomic mass is 32.1. The van der Waals surface area contributed by atoms with Gasteiger partial charge < -0.3 is 9.84 Å². The van der Waals surface area contributed by atoms with Gasteiger partial charge >= 0.3 is 0 Å². The van der Waals surface area contributed by atoms with Gasteiger partial charge in [-0.25, -0.2) is 4.98 Å². The Balaban J connectivity index is 1.45. The highest BCUT2D eigenvalue weighted by Crippen LogP contribution is 2.32. The molecule has 3 heterocycles. The van der Waals surface area contributed by atoms with Gasteiger partial charge in [0, 0.05) is 17.1 Å². The molecular formula is C15H19N5O2S. The topological polar surface area (TPSA) is 84.2 Å². The molecule has 2 aromatic rings. The van der Waals surface area contributed by atoms with Crippen LogP contribution in [-0.4, -0.2) is 38.5 Å². The summed E-state index contributed by atoms with van der Waals surface area (Å²) in [7, 11) is 0. The summed E-state index contributed by atoms with van der Waals surface area (Å²) >= 11 is 1.67. The lowest BCUT2D eigenvalue weighted by Crippen LogP contribution is -2.27. The molecule has 0 spiro atoms. The van der Waals surface area contributed by atoms with Crippen LogP contribution in [-0.2, 0) is 6.54 Å². The van der Waals surface area contributed by atoms with E-state index in [1.165, 1.54) is 0 Å². The molecule has 1 amide bonds. The second kappa shape index (κ2) is 6.01. The van der Waals surface area contributed by atoms with Crippen molar-refractivity contribution in [2.45, 2.75) is 51.2 Å². The molecule has 1 aliphatic carbocycles. The van der Waals surface area contributed by atoms with Gasteiger partial charge in [-0.3, -0.25) is 9.69 Å². The average molecular weight is 333 g/mol. The Morgan fingerprint density at radius 3 is 3.04 bits per heavy atom. The number of aryl methyl sites for hydroxylation is 1. The van der Waals surface area contributed by atoms with Crippen LogP contribution >= 0.6 is 11.3 Å². The third kappa shape index (κ3) is 3.28. The summed E-state index contributed by atoms with van der Waals surface area (Å²) in [4.78, 5) is 23.1. The van der Waals surface area contributed by atoms with E-state index < -0.39 is 0 Å². The molecule has 122 valence electrons. The van der Waals surface area contributed by atoms with Crippen molar-refractivity contribution in [1.82, 2.24) is 25.3 Å². The van der Waals surface area contributed by atoms with Gasteiger partial charge in [0.05, 0.1) is 12.6 Å². The molecule has 0 unspecified atom stereocenters. The Morgan fingerprint density at radius 1 is 1.43 bits per heavy atom. The molecule has 4 rings (SSSR count). The highest BCUT2D eigenvalue weighted by Gasteiger charge is 2.33. The van der Waals surface area contributed by atoms with Crippen LogP contribution in [0.4, 0.5) is 0 Å². The van der Waals surface area contributed by atoms with E-state index in [0.29, 0.717) is 11.9 Å². The van der Waals surface area contributed by atoms with E-state index >= 15 is 0 Å². The molecule has 1 N–H and O–H groups in total. The molecule has 23 heavy (non-hydrogen) atoms. The highest BCUT2D eigenvalue weighted by molar-refractivity contribution is 7.09. The fourth-order valence-electron chi connectivity index (χ4n) is 2.88. The van der Waals surface area contributed by atoms with Crippen molar-refractivity contribution in [3.8, 4) is 0 Å². The van der Waals surface area contributed by atoms with Crippen LogP contribution in [0.15, 0.2) is 9.90 Å². The molecule has 1 saturated heterocycles. The van der Waals surface area contributed by atoms with Gasteiger partial charge in [-0.1, -0.05) is 5.16 Å². The van der Waals surface area contributed by atoms with E-state index in [9.17, 15) is 4.79 Å². The Hall–Kier alpha value is -1.80. The first-order valence-corrected chi connectivity index (χ1v) is 8.86. The number of aromatic nitrogens is 3. The summed E-state index contributed by atoms with van der Waals surface area (Å²) in [6, 6.07) is 0.370. The van der Waals surface area contributed by atoms with Crippen molar-refractivity contribution in [2.24, 2.45) is 0 Å². The van der Waals surface area contributed by atoms with Gasteiger partial charge in [-0.15, -0.1) is 11.3 Å². The predicted molar refractivity (Wildman–Crippen MR) is 84.0 cm³/mol. The van der Waals surface area contributed by atoms with Crippen molar-refractivity contribution in [2.75, 3.05) is 6.54 Å². The molecule has 2 aliphatic rings.